The average Bonchev–Trinajstić information content (AvgIpc) is 2.40. The van der Waals surface area contributed by atoms with Crippen LogP contribution < -0.4 is 5.32 Å². The van der Waals surface area contributed by atoms with Gasteiger partial charge in [0.25, 0.3) is 0 Å². The fourth-order valence-corrected chi connectivity index (χ4v) is 2.48. The van der Waals surface area contributed by atoms with Crippen molar-refractivity contribution in [3.8, 4) is 0 Å². The molecule has 0 aromatic rings. The molecule has 3 heteroatoms. The Hall–Kier alpha value is -0.180. The molecule has 0 radical (unpaired) electrons. The molecule has 0 aliphatic heterocycles. The summed E-state index contributed by atoms with van der Waals surface area (Å²) in [4.78, 5) is 4.16. The van der Waals surface area contributed by atoms with Crippen LogP contribution in [-0.4, -0.2) is 25.0 Å². The summed E-state index contributed by atoms with van der Waals surface area (Å²) in [6.45, 7) is 3.35. The zero-order valence-corrected chi connectivity index (χ0v) is 13.5. The van der Waals surface area contributed by atoms with Gasteiger partial charge in [0.05, 0.1) is 0 Å². The van der Waals surface area contributed by atoms with E-state index >= 15 is 0 Å². The highest BCUT2D eigenvalue weighted by atomic mass is 32.2. The standard InChI is InChI=1S/C15H32N2S/c1-4-5-6-7-8-9-10-11-12-13-14-17-15(16-2)18-3/h4-14H2,1-3H3,(H,16,17). The second-order valence-electron chi connectivity index (χ2n) is 4.84. The second-order valence-corrected chi connectivity index (χ2v) is 5.64. The lowest BCUT2D eigenvalue weighted by Crippen LogP contribution is -2.21. The predicted molar refractivity (Wildman–Crippen MR) is 86.7 cm³/mol. The molecule has 18 heavy (non-hydrogen) atoms. The quantitative estimate of drug-likeness (QED) is 0.330. The smallest absolute Gasteiger partial charge is 0.155 e. The first-order chi connectivity index (χ1) is 8.85. The van der Waals surface area contributed by atoms with Crippen molar-refractivity contribution >= 4 is 16.9 Å². The first-order valence-electron chi connectivity index (χ1n) is 7.59. The minimum absolute atomic E-state index is 1.06. The van der Waals surface area contributed by atoms with Crippen molar-refractivity contribution in [2.45, 2.75) is 71.1 Å². The number of nitrogens with one attached hydrogen (secondary N) is 1. The molecule has 0 bridgehead atoms. The van der Waals surface area contributed by atoms with Gasteiger partial charge in [-0.2, -0.15) is 0 Å². The Labute approximate surface area is 118 Å². The Morgan fingerprint density at radius 3 is 1.83 bits per heavy atom. The molecule has 0 unspecified atom stereocenters. The van der Waals surface area contributed by atoms with Gasteiger partial charge in [0.15, 0.2) is 5.17 Å². The zero-order valence-electron chi connectivity index (χ0n) is 12.6. The molecule has 0 saturated carbocycles. The van der Waals surface area contributed by atoms with E-state index in [1.165, 1.54) is 64.2 Å². The molecule has 108 valence electrons. The normalized spacial score (nSPS) is 11.8. The lowest BCUT2D eigenvalue weighted by atomic mass is 10.1. The van der Waals surface area contributed by atoms with Gasteiger partial charge in [-0.1, -0.05) is 76.5 Å². The highest BCUT2D eigenvalue weighted by Gasteiger charge is 1.95. The average molecular weight is 273 g/mol. The SMILES string of the molecule is CCCCCCCCCCCCNC(=NC)SC. The molecule has 0 heterocycles. The van der Waals surface area contributed by atoms with Crippen molar-refractivity contribution in [3.05, 3.63) is 0 Å². The number of thioether (sulfide) groups is 1. The molecule has 0 spiro atoms. The molecule has 0 aliphatic carbocycles. The molecule has 0 aromatic carbocycles. The fraction of sp³-hybridized carbons (Fsp3) is 0.933. The summed E-state index contributed by atoms with van der Waals surface area (Å²) < 4.78 is 0. The summed E-state index contributed by atoms with van der Waals surface area (Å²) >= 11 is 1.69. The highest BCUT2D eigenvalue weighted by molar-refractivity contribution is 8.13. The minimum Gasteiger partial charge on any atom is -0.365 e. The summed E-state index contributed by atoms with van der Waals surface area (Å²) in [7, 11) is 1.84. The van der Waals surface area contributed by atoms with Gasteiger partial charge in [0.2, 0.25) is 0 Å². The van der Waals surface area contributed by atoms with Crippen molar-refractivity contribution in [1.82, 2.24) is 5.32 Å². The molecule has 0 rings (SSSR count). The highest BCUT2D eigenvalue weighted by Crippen LogP contribution is 2.10. The Bertz CT molecular complexity index is 193. The molecule has 2 nitrogen and oxygen atoms in total. The monoisotopic (exact) mass is 272 g/mol. The number of unbranched alkanes of at least 4 members (excludes halogenated alkanes) is 9. The number of hydrogen-bond acceptors (Lipinski definition) is 2. The van der Waals surface area contributed by atoms with E-state index in [0.717, 1.165) is 11.7 Å². The van der Waals surface area contributed by atoms with Crippen molar-refractivity contribution in [1.29, 1.82) is 0 Å². The van der Waals surface area contributed by atoms with Crippen molar-refractivity contribution < 1.29 is 0 Å². The maximum atomic E-state index is 4.16. The van der Waals surface area contributed by atoms with Crippen LogP contribution in [0.15, 0.2) is 4.99 Å². The van der Waals surface area contributed by atoms with Crippen LogP contribution in [0.1, 0.15) is 71.1 Å². The summed E-state index contributed by atoms with van der Waals surface area (Å²) in [6.07, 6.45) is 16.0. The fourth-order valence-electron chi connectivity index (χ4n) is 2.05. The number of amidine groups is 1. The van der Waals surface area contributed by atoms with Crippen LogP contribution in [-0.2, 0) is 0 Å². The topological polar surface area (TPSA) is 24.4 Å². The van der Waals surface area contributed by atoms with E-state index < -0.39 is 0 Å². The summed E-state index contributed by atoms with van der Waals surface area (Å²) in [5.41, 5.74) is 0. The third kappa shape index (κ3) is 12.3. The van der Waals surface area contributed by atoms with Crippen LogP contribution in [0.4, 0.5) is 0 Å². The maximum absolute atomic E-state index is 4.16. The van der Waals surface area contributed by atoms with Gasteiger partial charge >= 0.3 is 0 Å². The molecule has 0 aliphatic rings. The molecule has 0 aromatic heterocycles. The molecule has 0 amide bonds. The van der Waals surface area contributed by atoms with Gasteiger partial charge < -0.3 is 5.32 Å². The van der Waals surface area contributed by atoms with Crippen LogP contribution >= 0.6 is 11.8 Å². The van der Waals surface area contributed by atoms with E-state index in [0.29, 0.717) is 0 Å². The van der Waals surface area contributed by atoms with Gasteiger partial charge in [0.1, 0.15) is 0 Å². The largest absolute Gasteiger partial charge is 0.365 e. The van der Waals surface area contributed by atoms with Crippen LogP contribution in [0.2, 0.25) is 0 Å². The van der Waals surface area contributed by atoms with E-state index in [1.807, 2.05) is 7.05 Å². The third-order valence-corrected chi connectivity index (χ3v) is 3.92. The number of nitrogens with zero attached hydrogens (tertiary/aromatic N) is 1. The van der Waals surface area contributed by atoms with Gasteiger partial charge in [-0.15, -0.1) is 0 Å². The third-order valence-electron chi connectivity index (χ3n) is 3.20. The Morgan fingerprint density at radius 2 is 1.39 bits per heavy atom. The number of hydrogen-bond donors (Lipinski definition) is 1. The van der Waals surface area contributed by atoms with Crippen LogP contribution in [0, 0.1) is 0 Å². The summed E-state index contributed by atoms with van der Waals surface area (Å²) in [5.74, 6) is 0. The second kappa shape index (κ2) is 14.9. The Kier molecular flexibility index (Phi) is 14.7. The van der Waals surface area contributed by atoms with Crippen LogP contribution in [0.5, 0.6) is 0 Å². The summed E-state index contributed by atoms with van der Waals surface area (Å²) in [6, 6.07) is 0. The van der Waals surface area contributed by atoms with Crippen LogP contribution in [0.3, 0.4) is 0 Å². The van der Waals surface area contributed by atoms with Crippen molar-refractivity contribution in [3.63, 3.8) is 0 Å². The summed E-state index contributed by atoms with van der Waals surface area (Å²) in [5, 5.41) is 4.42. The van der Waals surface area contributed by atoms with Gasteiger partial charge in [-0.05, 0) is 12.7 Å². The Balaban J connectivity index is 3.07. The molecular weight excluding hydrogens is 240 g/mol. The van der Waals surface area contributed by atoms with E-state index in [2.05, 4.69) is 23.5 Å². The molecule has 0 atom stereocenters. The van der Waals surface area contributed by atoms with Crippen LogP contribution in [0.25, 0.3) is 0 Å². The van der Waals surface area contributed by atoms with Gasteiger partial charge in [-0.25, -0.2) is 0 Å². The molecule has 0 fully saturated rings. The lowest BCUT2D eigenvalue weighted by Gasteiger charge is -2.06. The predicted octanol–water partition coefficient (Wildman–Crippen LogP) is 4.85. The van der Waals surface area contributed by atoms with Gasteiger partial charge in [0, 0.05) is 13.6 Å². The first kappa shape index (κ1) is 17.8. The Morgan fingerprint density at radius 1 is 0.889 bits per heavy atom. The van der Waals surface area contributed by atoms with Gasteiger partial charge in [-0.3, -0.25) is 4.99 Å². The zero-order chi connectivity index (χ0) is 13.5. The van der Waals surface area contributed by atoms with E-state index in [9.17, 15) is 0 Å². The molecule has 1 N–H and O–H groups in total. The number of rotatable bonds is 11. The van der Waals surface area contributed by atoms with Crippen molar-refractivity contribution in [2.24, 2.45) is 4.99 Å². The molecule has 0 saturated heterocycles. The van der Waals surface area contributed by atoms with E-state index in [4.69, 9.17) is 0 Å². The first-order valence-corrected chi connectivity index (χ1v) is 8.82. The maximum Gasteiger partial charge on any atom is 0.155 e. The van der Waals surface area contributed by atoms with E-state index in [1.54, 1.807) is 11.8 Å². The lowest BCUT2D eigenvalue weighted by molar-refractivity contribution is 0.555. The molecular formula is C15H32N2S. The number of aliphatic imine (C=N–C) groups is 1. The van der Waals surface area contributed by atoms with Crippen molar-refractivity contribution in [2.75, 3.05) is 19.8 Å². The van der Waals surface area contributed by atoms with E-state index in [-0.39, 0.29) is 0 Å². The minimum atomic E-state index is 1.06.